The Labute approximate surface area is 161 Å². The fourth-order valence-corrected chi connectivity index (χ4v) is 3.72. The van der Waals surface area contributed by atoms with Gasteiger partial charge in [0.1, 0.15) is 17.5 Å². The van der Waals surface area contributed by atoms with Crippen molar-refractivity contribution in [3.05, 3.63) is 24.3 Å². The van der Waals surface area contributed by atoms with E-state index in [1.807, 2.05) is 17.0 Å². The van der Waals surface area contributed by atoms with Gasteiger partial charge in [0.2, 0.25) is 5.91 Å². The molecule has 1 unspecified atom stereocenters. The maximum Gasteiger partial charge on any atom is 0.261 e. The molecule has 2 aliphatic rings. The lowest BCUT2D eigenvalue weighted by atomic mass is 10.0. The number of likely N-dealkylation sites (tertiary alicyclic amines) is 2. The van der Waals surface area contributed by atoms with E-state index in [-0.39, 0.29) is 24.5 Å². The van der Waals surface area contributed by atoms with Crippen LogP contribution in [0.1, 0.15) is 45.4 Å². The number of amides is 2. The van der Waals surface area contributed by atoms with Gasteiger partial charge in [-0.2, -0.15) is 0 Å². The first-order valence-electron chi connectivity index (χ1n) is 10.1. The first kappa shape index (κ1) is 19.5. The highest BCUT2D eigenvalue weighted by atomic mass is 16.5. The van der Waals surface area contributed by atoms with Crippen LogP contribution < -0.4 is 9.47 Å². The minimum atomic E-state index is -0.322. The second kappa shape index (κ2) is 9.62. The van der Waals surface area contributed by atoms with Crippen molar-refractivity contribution in [3.63, 3.8) is 0 Å². The van der Waals surface area contributed by atoms with Crippen LogP contribution in [-0.2, 0) is 9.59 Å². The Morgan fingerprint density at radius 1 is 0.963 bits per heavy atom. The van der Waals surface area contributed by atoms with Crippen molar-refractivity contribution in [1.82, 2.24) is 9.80 Å². The van der Waals surface area contributed by atoms with E-state index in [0.29, 0.717) is 18.9 Å². The second-order valence-corrected chi connectivity index (χ2v) is 7.24. The van der Waals surface area contributed by atoms with Gasteiger partial charge >= 0.3 is 0 Å². The van der Waals surface area contributed by atoms with Crippen LogP contribution in [0.4, 0.5) is 0 Å². The van der Waals surface area contributed by atoms with Crippen LogP contribution in [-0.4, -0.2) is 60.5 Å². The molecular weight excluding hydrogens is 344 g/mol. The Kier molecular flexibility index (Phi) is 6.96. The topological polar surface area (TPSA) is 59.1 Å². The third-order valence-electron chi connectivity index (χ3n) is 5.18. The molecule has 2 aliphatic heterocycles. The van der Waals surface area contributed by atoms with E-state index in [9.17, 15) is 9.59 Å². The molecule has 2 heterocycles. The molecule has 0 spiro atoms. The Morgan fingerprint density at radius 3 is 2.26 bits per heavy atom. The van der Waals surface area contributed by atoms with Crippen LogP contribution in [0.25, 0.3) is 0 Å². The molecular formula is C21H30N2O4. The summed E-state index contributed by atoms with van der Waals surface area (Å²) < 4.78 is 11.2. The van der Waals surface area contributed by atoms with Gasteiger partial charge in [0.25, 0.3) is 5.91 Å². The van der Waals surface area contributed by atoms with E-state index in [0.717, 1.165) is 57.4 Å². The van der Waals surface area contributed by atoms with Crippen LogP contribution in [0.3, 0.4) is 0 Å². The Bertz CT molecular complexity index is 626. The zero-order valence-electron chi connectivity index (χ0n) is 16.2. The minimum Gasteiger partial charge on any atom is -0.494 e. The van der Waals surface area contributed by atoms with Crippen molar-refractivity contribution in [3.8, 4) is 11.5 Å². The van der Waals surface area contributed by atoms with Crippen molar-refractivity contribution in [2.24, 2.45) is 0 Å². The molecule has 0 aliphatic carbocycles. The van der Waals surface area contributed by atoms with E-state index in [1.165, 1.54) is 0 Å². The Morgan fingerprint density at radius 2 is 1.59 bits per heavy atom. The molecule has 2 saturated heterocycles. The van der Waals surface area contributed by atoms with Crippen LogP contribution in [0.15, 0.2) is 24.3 Å². The third-order valence-corrected chi connectivity index (χ3v) is 5.18. The fraction of sp³-hybridized carbons (Fsp3) is 0.619. The third kappa shape index (κ3) is 5.15. The van der Waals surface area contributed by atoms with Gasteiger partial charge < -0.3 is 19.3 Å². The number of hydrogen-bond donors (Lipinski definition) is 0. The molecule has 0 aromatic heterocycles. The number of nitrogens with zero attached hydrogens (tertiary/aromatic N) is 2. The summed E-state index contributed by atoms with van der Waals surface area (Å²) >= 11 is 0. The molecule has 0 bridgehead atoms. The van der Waals surface area contributed by atoms with E-state index in [2.05, 4.69) is 6.92 Å². The van der Waals surface area contributed by atoms with Crippen molar-refractivity contribution >= 4 is 11.8 Å². The highest BCUT2D eigenvalue weighted by molar-refractivity contribution is 5.88. The van der Waals surface area contributed by atoms with Crippen molar-refractivity contribution in [1.29, 1.82) is 0 Å². The summed E-state index contributed by atoms with van der Waals surface area (Å²) in [6, 6.07) is 6.98. The summed E-state index contributed by atoms with van der Waals surface area (Å²) in [5, 5.41) is 0. The van der Waals surface area contributed by atoms with E-state index in [1.54, 1.807) is 17.0 Å². The predicted octanol–water partition coefficient (Wildman–Crippen LogP) is 2.86. The molecule has 2 fully saturated rings. The van der Waals surface area contributed by atoms with E-state index >= 15 is 0 Å². The first-order valence-corrected chi connectivity index (χ1v) is 10.1. The summed E-state index contributed by atoms with van der Waals surface area (Å²) in [6.07, 6.45) is 5.78. The summed E-state index contributed by atoms with van der Waals surface area (Å²) in [6.45, 7) is 4.97. The Hall–Kier alpha value is -2.24. The lowest BCUT2D eigenvalue weighted by Crippen LogP contribution is -2.53. The van der Waals surface area contributed by atoms with Crippen LogP contribution in [0, 0.1) is 0 Å². The lowest BCUT2D eigenvalue weighted by molar-refractivity contribution is -0.148. The summed E-state index contributed by atoms with van der Waals surface area (Å²) in [5.74, 6) is 1.42. The van der Waals surface area contributed by atoms with E-state index < -0.39 is 0 Å². The first-order chi connectivity index (χ1) is 13.2. The van der Waals surface area contributed by atoms with Crippen molar-refractivity contribution < 1.29 is 19.1 Å². The molecule has 6 heteroatoms. The van der Waals surface area contributed by atoms with Crippen molar-refractivity contribution in [2.75, 3.05) is 32.8 Å². The molecule has 6 nitrogen and oxygen atoms in total. The number of carbonyl (C=O) groups excluding carboxylic acids is 2. The number of benzene rings is 1. The molecule has 0 radical (unpaired) electrons. The second-order valence-electron chi connectivity index (χ2n) is 7.24. The van der Waals surface area contributed by atoms with Gasteiger partial charge in [-0.05, 0) is 62.8 Å². The summed E-state index contributed by atoms with van der Waals surface area (Å²) in [4.78, 5) is 29.1. The zero-order valence-corrected chi connectivity index (χ0v) is 16.2. The van der Waals surface area contributed by atoms with Gasteiger partial charge in [-0.15, -0.1) is 0 Å². The largest absolute Gasteiger partial charge is 0.494 e. The standard InChI is InChI=1S/C21H30N2O4/c1-2-15-26-17-8-10-18(11-9-17)27-16-20(24)23-14-4-3-7-19(23)21(25)22-12-5-6-13-22/h8-11,19H,2-7,12-16H2,1H3. The molecule has 0 saturated carbocycles. The average Bonchev–Trinajstić information content (AvgIpc) is 3.25. The molecule has 3 rings (SSSR count). The highest BCUT2D eigenvalue weighted by Gasteiger charge is 2.35. The molecule has 2 amide bonds. The van der Waals surface area contributed by atoms with Crippen LogP contribution in [0.5, 0.6) is 11.5 Å². The summed E-state index contributed by atoms with van der Waals surface area (Å²) in [7, 11) is 0. The van der Waals surface area contributed by atoms with Gasteiger partial charge in [0.05, 0.1) is 6.61 Å². The number of hydrogen-bond acceptors (Lipinski definition) is 4. The van der Waals surface area contributed by atoms with Crippen LogP contribution >= 0.6 is 0 Å². The number of carbonyl (C=O) groups is 2. The van der Waals surface area contributed by atoms with Gasteiger partial charge in [-0.1, -0.05) is 6.92 Å². The van der Waals surface area contributed by atoms with E-state index in [4.69, 9.17) is 9.47 Å². The fourth-order valence-electron chi connectivity index (χ4n) is 3.72. The lowest BCUT2D eigenvalue weighted by Gasteiger charge is -2.36. The molecule has 0 N–H and O–H groups in total. The normalized spacial score (nSPS) is 19.8. The Balaban J connectivity index is 1.54. The molecule has 148 valence electrons. The quantitative estimate of drug-likeness (QED) is 0.736. The van der Waals surface area contributed by atoms with Gasteiger partial charge in [-0.3, -0.25) is 9.59 Å². The predicted molar refractivity (Wildman–Crippen MR) is 103 cm³/mol. The maximum absolute atomic E-state index is 12.8. The molecule has 1 atom stereocenters. The number of piperidine rings is 1. The monoisotopic (exact) mass is 374 g/mol. The average molecular weight is 374 g/mol. The van der Waals surface area contributed by atoms with Gasteiger partial charge in [0.15, 0.2) is 6.61 Å². The molecule has 1 aromatic carbocycles. The number of rotatable bonds is 7. The van der Waals surface area contributed by atoms with Crippen LogP contribution in [0.2, 0.25) is 0 Å². The zero-order chi connectivity index (χ0) is 19.1. The SMILES string of the molecule is CCCOc1ccc(OCC(=O)N2CCCCC2C(=O)N2CCCC2)cc1. The summed E-state index contributed by atoms with van der Waals surface area (Å²) in [5.41, 5.74) is 0. The maximum atomic E-state index is 12.8. The number of ether oxygens (including phenoxy) is 2. The van der Waals surface area contributed by atoms with Gasteiger partial charge in [-0.25, -0.2) is 0 Å². The molecule has 1 aromatic rings. The van der Waals surface area contributed by atoms with Gasteiger partial charge in [0, 0.05) is 19.6 Å². The van der Waals surface area contributed by atoms with Crippen molar-refractivity contribution in [2.45, 2.75) is 51.5 Å². The highest BCUT2D eigenvalue weighted by Crippen LogP contribution is 2.22. The minimum absolute atomic E-state index is 0.0427. The smallest absolute Gasteiger partial charge is 0.261 e. The molecule has 27 heavy (non-hydrogen) atoms.